The zero-order valence-corrected chi connectivity index (χ0v) is 10.8. The molecule has 0 bridgehead atoms. The molecule has 0 saturated carbocycles. The van der Waals surface area contributed by atoms with Crippen molar-refractivity contribution >= 4 is 29.2 Å². The van der Waals surface area contributed by atoms with E-state index in [1.807, 2.05) is 35.7 Å². The van der Waals surface area contributed by atoms with E-state index in [1.54, 1.807) is 24.3 Å². The van der Waals surface area contributed by atoms with Crippen molar-refractivity contribution in [1.82, 2.24) is 0 Å². The van der Waals surface area contributed by atoms with Crippen LogP contribution < -0.4 is 10.6 Å². The monoisotopic (exact) mass is 269 g/mol. The molecule has 2 rings (SSSR count). The summed E-state index contributed by atoms with van der Waals surface area (Å²) in [7, 11) is 0. The van der Waals surface area contributed by atoms with Crippen molar-refractivity contribution in [2.24, 2.45) is 0 Å². The molecule has 0 spiro atoms. The highest BCUT2D eigenvalue weighted by molar-refractivity contribution is 8.03. The number of rotatable bonds is 3. The van der Waals surface area contributed by atoms with Gasteiger partial charge in [-0.25, -0.2) is 4.79 Å². The smallest absolute Gasteiger partial charge is 0.308 e. The number of amides is 2. The first-order valence-electron chi connectivity index (χ1n) is 5.57. The van der Waals surface area contributed by atoms with Crippen LogP contribution in [0.25, 0.3) is 0 Å². The van der Waals surface area contributed by atoms with Crippen LogP contribution in [0.5, 0.6) is 0 Å². The number of thioether (sulfide) groups is 1. The molecular weight excluding hydrogens is 258 g/mol. The van der Waals surface area contributed by atoms with E-state index in [4.69, 9.17) is 5.26 Å². The van der Waals surface area contributed by atoms with Gasteiger partial charge in [0.25, 0.3) is 0 Å². The minimum absolute atomic E-state index is 0.299. The summed E-state index contributed by atoms with van der Waals surface area (Å²) in [5, 5.41) is 16.0. The van der Waals surface area contributed by atoms with Gasteiger partial charge in [0.2, 0.25) is 0 Å². The molecule has 0 aliphatic carbocycles. The van der Waals surface area contributed by atoms with Crippen LogP contribution in [0, 0.1) is 10.7 Å². The second-order valence-corrected chi connectivity index (χ2v) is 4.52. The van der Waals surface area contributed by atoms with Crippen molar-refractivity contribution in [2.45, 2.75) is 4.90 Å². The molecule has 0 radical (unpaired) electrons. The lowest BCUT2D eigenvalue weighted by Gasteiger charge is -2.07. The first kappa shape index (κ1) is 13.0. The first-order valence-corrected chi connectivity index (χ1v) is 6.38. The van der Waals surface area contributed by atoms with Crippen LogP contribution in [0.1, 0.15) is 0 Å². The predicted molar refractivity (Wildman–Crippen MR) is 77.0 cm³/mol. The zero-order valence-electron chi connectivity index (χ0n) is 9.96. The molecule has 94 valence electrons. The number of nitrogens with one attached hydrogen (secondary N) is 2. The Hall–Kier alpha value is -2.45. The molecule has 0 atom stereocenters. The molecule has 0 unspecified atom stereocenters. The van der Waals surface area contributed by atoms with Crippen LogP contribution in [0.2, 0.25) is 0 Å². The third-order valence-corrected chi connectivity index (χ3v) is 2.91. The summed E-state index contributed by atoms with van der Waals surface area (Å²) in [6.45, 7) is 0. The highest BCUT2D eigenvalue weighted by atomic mass is 32.2. The van der Waals surface area contributed by atoms with Crippen molar-refractivity contribution in [2.75, 3.05) is 10.6 Å². The first-order chi connectivity index (χ1) is 9.28. The third kappa shape index (κ3) is 4.05. The third-order valence-electron chi connectivity index (χ3n) is 2.31. The molecule has 2 aromatic rings. The van der Waals surface area contributed by atoms with Gasteiger partial charge in [0.05, 0.1) is 0 Å². The van der Waals surface area contributed by atoms with Gasteiger partial charge in [0, 0.05) is 16.3 Å². The summed E-state index contributed by atoms with van der Waals surface area (Å²) in [5.74, 6) is 0. The maximum absolute atomic E-state index is 11.7. The van der Waals surface area contributed by atoms with E-state index in [1.165, 1.54) is 0 Å². The Morgan fingerprint density at radius 1 is 0.947 bits per heavy atom. The lowest BCUT2D eigenvalue weighted by molar-refractivity contribution is 0.262. The highest BCUT2D eigenvalue weighted by Crippen LogP contribution is 2.19. The Kier molecular flexibility index (Phi) is 4.43. The van der Waals surface area contributed by atoms with Crippen molar-refractivity contribution in [3.05, 3.63) is 54.6 Å². The molecule has 2 aromatic carbocycles. The SMILES string of the molecule is N#CSc1ccc(NC(=O)Nc2ccccc2)cc1. The number of nitrogens with zero attached hydrogens (tertiary/aromatic N) is 1. The van der Waals surface area contributed by atoms with Gasteiger partial charge in [-0.2, -0.15) is 5.26 Å². The average molecular weight is 269 g/mol. The minimum Gasteiger partial charge on any atom is -0.308 e. The molecule has 4 nitrogen and oxygen atoms in total. The van der Waals surface area contributed by atoms with Crippen LogP contribution in [-0.4, -0.2) is 6.03 Å². The number of anilines is 2. The van der Waals surface area contributed by atoms with Crippen LogP contribution in [0.4, 0.5) is 16.2 Å². The Bertz CT molecular complexity index is 590. The Labute approximate surface area is 115 Å². The standard InChI is InChI=1S/C14H11N3OS/c15-10-19-13-8-6-12(7-9-13)17-14(18)16-11-4-2-1-3-5-11/h1-9H,(H2,16,17,18). The summed E-state index contributed by atoms with van der Waals surface area (Å²) >= 11 is 1.08. The average Bonchev–Trinajstić information content (AvgIpc) is 2.42. The zero-order chi connectivity index (χ0) is 13.5. The van der Waals surface area contributed by atoms with E-state index in [2.05, 4.69) is 10.6 Å². The fourth-order valence-electron chi connectivity index (χ4n) is 1.47. The van der Waals surface area contributed by atoms with Gasteiger partial charge < -0.3 is 10.6 Å². The molecule has 19 heavy (non-hydrogen) atoms. The Morgan fingerprint density at radius 3 is 2.11 bits per heavy atom. The van der Waals surface area contributed by atoms with Crippen LogP contribution >= 0.6 is 11.8 Å². The molecule has 2 N–H and O–H groups in total. The number of para-hydroxylation sites is 1. The van der Waals surface area contributed by atoms with Gasteiger partial charge in [-0.3, -0.25) is 0 Å². The number of hydrogen-bond donors (Lipinski definition) is 2. The second kappa shape index (κ2) is 6.47. The van der Waals surface area contributed by atoms with E-state index in [0.29, 0.717) is 5.69 Å². The number of carbonyl (C=O) groups is 1. The number of urea groups is 1. The van der Waals surface area contributed by atoms with Crippen LogP contribution in [0.15, 0.2) is 59.5 Å². The number of nitriles is 1. The summed E-state index contributed by atoms with van der Waals surface area (Å²) < 4.78 is 0. The van der Waals surface area contributed by atoms with E-state index in [-0.39, 0.29) is 6.03 Å². The molecule has 0 heterocycles. The number of benzene rings is 2. The van der Waals surface area contributed by atoms with Gasteiger partial charge in [-0.05, 0) is 48.2 Å². The summed E-state index contributed by atoms with van der Waals surface area (Å²) in [4.78, 5) is 12.6. The van der Waals surface area contributed by atoms with E-state index in [9.17, 15) is 4.79 Å². The van der Waals surface area contributed by atoms with E-state index >= 15 is 0 Å². The number of carbonyl (C=O) groups excluding carboxylic acids is 1. The minimum atomic E-state index is -0.299. The summed E-state index contributed by atoms with van der Waals surface area (Å²) in [6.07, 6.45) is 0. The number of thiocyanates is 1. The normalized spacial score (nSPS) is 9.42. The lowest BCUT2D eigenvalue weighted by atomic mass is 10.3. The maximum atomic E-state index is 11.7. The summed E-state index contributed by atoms with van der Waals surface area (Å²) in [5.41, 5.74) is 1.41. The molecule has 0 saturated heterocycles. The number of hydrogen-bond acceptors (Lipinski definition) is 3. The predicted octanol–water partition coefficient (Wildman–Crippen LogP) is 3.90. The molecule has 5 heteroatoms. The quantitative estimate of drug-likeness (QED) is 0.656. The molecule has 0 aliphatic rings. The Morgan fingerprint density at radius 2 is 1.53 bits per heavy atom. The molecular formula is C14H11N3OS. The fourth-order valence-corrected chi connectivity index (χ4v) is 1.85. The van der Waals surface area contributed by atoms with Crippen molar-refractivity contribution in [3.63, 3.8) is 0 Å². The highest BCUT2D eigenvalue weighted by Gasteiger charge is 2.02. The molecule has 0 aromatic heterocycles. The fraction of sp³-hybridized carbons (Fsp3) is 0. The van der Waals surface area contributed by atoms with E-state index < -0.39 is 0 Å². The molecule has 2 amide bonds. The topological polar surface area (TPSA) is 64.9 Å². The maximum Gasteiger partial charge on any atom is 0.323 e. The van der Waals surface area contributed by atoms with Gasteiger partial charge in [0.1, 0.15) is 5.40 Å². The Balaban J connectivity index is 1.94. The van der Waals surface area contributed by atoms with Gasteiger partial charge in [0.15, 0.2) is 0 Å². The van der Waals surface area contributed by atoms with Crippen LogP contribution in [0.3, 0.4) is 0 Å². The van der Waals surface area contributed by atoms with Gasteiger partial charge in [-0.1, -0.05) is 18.2 Å². The van der Waals surface area contributed by atoms with Gasteiger partial charge >= 0.3 is 6.03 Å². The van der Waals surface area contributed by atoms with Gasteiger partial charge in [-0.15, -0.1) is 0 Å². The lowest BCUT2D eigenvalue weighted by Crippen LogP contribution is -2.19. The van der Waals surface area contributed by atoms with E-state index in [0.717, 1.165) is 22.3 Å². The molecule has 0 fully saturated rings. The van der Waals surface area contributed by atoms with Crippen LogP contribution in [-0.2, 0) is 0 Å². The summed E-state index contributed by atoms with van der Waals surface area (Å²) in [6, 6.07) is 16.0. The van der Waals surface area contributed by atoms with Crippen molar-refractivity contribution in [3.8, 4) is 5.40 Å². The second-order valence-electron chi connectivity index (χ2n) is 3.66. The van der Waals surface area contributed by atoms with Crippen molar-refractivity contribution < 1.29 is 4.79 Å². The van der Waals surface area contributed by atoms with Crippen molar-refractivity contribution in [1.29, 1.82) is 5.26 Å². The molecule has 0 aliphatic heterocycles. The largest absolute Gasteiger partial charge is 0.323 e.